The fraction of sp³-hybridized carbons (Fsp3) is 0.462. The maximum atomic E-state index is 12.3. The normalized spacial score (nSPS) is 18.0. The number of nitrogens with one attached hydrogen (secondary N) is 2. The lowest BCUT2D eigenvalue weighted by molar-refractivity contribution is -0.125. The molecular formula is C26H34N2O4. The Bertz CT molecular complexity index is 871. The number of hydrogen-bond donors (Lipinski definition) is 2. The Labute approximate surface area is 190 Å². The van der Waals surface area contributed by atoms with Crippen LogP contribution in [0, 0.1) is 27.7 Å². The van der Waals surface area contributed by atoms with E-state index in [1.807, 2.05) is 64.1 Å². The van der Waals surface area contributed by atoms with Gasteiger partial charge in [0.2, 0.25) is 0 Å². The lowest BCUT2D eigenvalue weighted by atomic mass is 9.91. The number of carbonyl (C=O) groups excluding carboxylic acids is 2. The van der Waals surface area contributed by atoms with Gasteiger partial charge in [-0.1, -0.05) is 35.4 Å². The molecule has 1 aliphatic rings. The van der Waals surface area contributed by atoms with Crippen LogP contribution in [0.1, 0.15) is 47.9 Å². The third kappa shape index (κ3) is 7.01. The molecule has 172 valence electrons. The number of amides is 2. The number of aryl methyl sites for hydroxylation is 4. The Kier molecular flexibility index (Phi) is 8.14. The van der Waals surface area contributed by atoms with Crippen molar-refractivity contribution in [3.63, 3.8) is 0 Å². The van der Waals surface area contributed by atoms with Crippen molar-refractivity contribution in [1.82, 2.24) is 10.6 Å². The monoisotopic (exact) mass is 438 g/mol. The third-order valence-electron chi connectivity index (χ3n) is 5.84. The van der Waals surface area contributed by atoms with Gasteiger partial charge in [0, 0.05) is 12.1 Å². The average molecular weight is 439 g/mol. The van der Waals surface area contributed by atoms with Crippen LogP contribution in [0.5, 0.6) is 11.5 Å². The number of hydrogen-bond acceptors (Lipinski definition) is 4. The summed E-state index contributed by atoms with van der Waals surface area (Å²) in [5.41, 5.74) is 4.38. The van der Waals surface area contributed by atoms with E-state index in [4.69, 9.17) is 9.47 Å². The van der Waals surface area contributed by atoms with Gasteiger partial charge in [-0.05, 0) is 76.6 Å². The Morgan fingerprint density at radius 2 is 1.09 bits per heavy atom. The van der Waals surface area contributed by atoms with Gasteiger partial charge < -0.3 is 20.1 Å². The van der Waals surface area contributed by atoms with Gasteiger partial charge in [-0.2, -0.15) is 0 Å². The Balaban J connectivity index is 1.34. The SMILES string of the molecule is Cc1ccc(OCC(=O)NC2CCC(NC(=O)COc3ccc(C)cc3C)CC2)c(C)c1. The molecule has 1 saturated carbocycles. The quantitative estimate of drug-likeness (QED) is 0.655. The van der Waals surface area contributed by atoms with E-state index >= 15 is 0 Å². The van der Waals surface area contributed by atoms with E-state index in [-0.39, 0.29) is 37.1 Å². The molecular weight excluding hydrogens is 404 g/mol. The highest BCUT2D eigenvalue weighted by atomic mass is 16.5. The second kappa shape index (κ2) is 11.0. The molecule has 0 aliphatic heterocycles. The number of carbonyl (C=O) groups is 2. The Morgan fingerprint density at radius 1 is 0.719 bits per heavy atom. The molecule has 2 N–H and O–H groups in total. The van der Waals surface area contributed by atoms with Crippen LogP contribution in [-0.4, -0.2) is 37.1 Å². The summed E-state index contributed by atoms with van der Waals surface area (Å²) in [5, 5.41) is 6.10. The first-order valence-corrected chi connectivity index (χ1v) is 11.3. The zero-order valence-electron chi connectivity index (χ0n) is 19.5. The molecule has 0 bridgehead atoms. The van der Waals surface area contributed by atoms with Gasteiger partial charge in [-0.25, -0.2) is 0 Å². The summed E-state index contributed by atoms with van der Waals surface area (Å²) < 4.78 is 11.3. The molecule has 0 spiro atoms. The van der Waals surface area contributed by atoms with Crippen molar-refractivity contribution >= 4 is 11.8 Å². The van der Waals surface area contributed by atoms with Crippen LogP contribution in [0.15, 0.2) is 36.4 Å². The van der Waals surface area contributed by atoms with E-state index in [9.17, 15) is 9.59 Å². The minimum absolute atomic E-state index is 0.0102. The van der Waals surface area contributed by atoms with Crippen LogP contribution in [-0.2, 0) is 9.59 Å². The number of rotatable bonds is 8. The summed E-state index contributed by atoms with van der Waals surface area (Å²) in [4.78, 5) is 24.5. The highest BCUT2D eigenvalue weighted by Gasteiger charge is 2.24. The molecule has 2 aromatic rings. The first-order chi connectivity index (χ1) is 15.3. The Hall–Kier alpha value is -3.02. The van der Waals surface area contributed by atoms with Crippen LogP contribution in [0.25, 0.3) is 0 Å². The fourth-order valence-electron chi connectivity index (χ4n) is 4.13. The summed E-state index contributed by atoms with van der Waals surface area (Å²) in [7, 11) is 0. The molecule has 0 radical (unpaired) electrons. The van der Waals surface area contributed by atoms with Crippen molar-refractivity contribution < 1.29 is 19.1 Å². The minimum atomic E-state index is -0.112. The summed E-state index contributed by atoms with van der Waals surface area (Å²) in [6.07, 6.45) is 3.33. The zero-order valence-corrected chi connectivity index (χ0v) is 19.5. The molecule has 1 fully saturated rings. The maximum absolute atomic E-state index is 12.3. The minimum Gasteiger partial charge on any atom is -0.484 e. The second-order valence-electron chi connectivity index (χ2n) is 8.80. The predicted molar refractivity (Wildman–Crippen MR) is 125 cm³/mol. The standard InChI is InChI=1S/C26H34N2O4/c1-17-5-11-23(19(3)13-17)31-15-25(29)27-21-7-9-22(10-8-21)28-26(30)16-32-24-12-6-18(2)14-20(24)4/h5-6,11-14,21-22H,7-10,15-16H2,1-4H3,(H,27,29)(H,28,30). The van der Waals surface area contributed by atoms with Crippen molar-refractivity contribution in [3.8, 4) is 11.5 Å². The van der Waals surface area contributed by atoms with Crippen LogP contribution in [0.4, 0.5) is 0 Å². The van der Waals surface area contributed by atoms with Crippen LogP contribution in [0.2, 0.25) is 0 Å². The molecule has 6 heteroatoms. The number of benzene rings is 2. The summed E-state index contributed by atoms with van der Waals surface area (Å²) >= 11 is 0. The molecule has 0 saturated heterocycles. The van der Waals surface area contributed by atoms with Gasteiger partial charge >= 0.3 is 0 Å². The third-order valence-corrected chi connectivity index (χ3v) is 5.84. The summed E-state index contributed by atoms with van der Waals surface area (Å²) in [6, 6.07) is 12.1. The second-order valence-corrected chi connectivity index (χ2v) is 8.80. The van der Waals surface area contributed by atoms with Crippen LogP contribution < -0.4 is 20.1 Å². The molecule has 2 amide bonds. The van der Waals surface area contributed by atoms with E-state index in [0.717, 1.165) is 48.3 Å². The van der Waals surface area contributed by atoms with E-state index in [0.29, 0.717) is 0 Å². The van der Waals surface area contributed by atoms with Crippen LogP contribution >= 0.6 is 0 Å². The predicted octanol–water partition coefficient (Wildman–Crippen LogP) is 3.92. The zero-order chi connectivity index (χ0) is 23.1. The lowest BCUT2D eigenvalue weighted by Gasteiger charge is -2.29. The van der Waals surface area contributed by atoms with E-state index < -0.39 is 0 Å². The molecule has 0 aromatic heterocycles. The van der Waals surface area contributed by atoms with Gasteiger partial charge in [0.25, 0.3) is 11.8 Å². The van der Waals surface area contributed by atoms with Crippen molar-refractivity contribution in [3.05, 3.63) is 58.7 Å². The Morgan fingerprint density at radius 3 is 1.44 bits per heavy atom. The molecule has 1 aliphatic carbocycles. The molecule has 2 aromatic carbocycles. The van der Waals surface area contributed by atoms with Gasteiger partial charge in [0.15, 0.2) is 13.2 Å². The van der Waals surface area contributed by atoms with E-state index in [1.54, 1.807) is 0 Å². The van der Waals surface area contributed by atoms with Crippen molar-refractivity contribution in [2.45, 2.75) is 65.5 Å². The van der Waals surface area contributed by atoms with Crippen molar-refractivity contribution in [2.75, 3.05) is 13.2 Å². The van der Waals surface area contributed by atoms with Crippen LogP contribution in [0.3, 0.4) is 0 Å². The number of ether oxygens (including phenoxy) is 2. The molecule has 32 heavy (non-hydrogen) atoms. The smallest absolute Gasteiger partial charge is 0.258 e. The highest BCUT2D eigenvalue weighted by molar-refractivity contribution is 5.78. The molecule has 0 atom stereocenters. The van der Waals surface area contributed by atoms with Gasteiger partial charge in [-0.15, -0.1) is 0 Å². The van der Waals surface area contributed by atoms with E-state index in [2.05, 4.69) is 10.6 Å². The maximum Gasteiger partial charge on any atom is 0.258 e. The highest BCUT2D eigenvalue weighted by Crippen LogP contribution is 2.21. The van der Waals surface area contributed by atoms with Crippen molar-refractivity contribution in [1.29, 1.82) is 0 Å². The lowest BCUT2D eigenvalue weighted by Crippen LogP contribution is -2.45. The van der Waals surface area contributed by atoms with Crippen molar-refractivity contribution in [2.24, 2.45) is 0 Å². The largest absolute Gasteiger partial charge is 0.484 e. The van der Waals surface area contributed by atoms with Gasteiger partial charge in [0.05, 0.1) is 0 Å². The average Bonchev–Trinajstić information content (AvgIpc) is 2.74. The van der Waals surface area contributed by atoms with E-state index in [1.165, 1.54) is 11.1 Å². The molecule has 0 heterocycles. The first kappa shape index (κ1) is 23.6. The molecule has 0 unspecified atom stereocenters. The van der Waals surface area contributed by atoms with Gasteiger partial charge in [-0.3, -0.25) is 9.59 Å². The molecule has 3 rings (SSSR count). The fourth-order valence-corrected chi connectivity index (χ4v) is 4.13. The summed E-state index contributed by atoms with van der Waals surface area (Å²) in [6.45, 7) is 8.03. The summed E-state index contributed by atoms with van der Waals surface area (Å²) in [5.74, 6) is 1.25. The topological polar surface area (TPSA) is 76.7 Å². The first-order valence-electron chi connectivity index (χ1n) is 11.3. The van der Waals surface area contributed by atoms with Gasteiger partial charge in [0.1, 0.15) is 11.5 Å². The molecule has 6 nitrogen and oxygen atoms in total.